The van der Waals surface area contributed by atoms with Crippen LogP contribution in [0.25, 0.3) is 0 Å². The molecular formula is C21H39ClN6O5S. The summed E-state index contributed by atoms with van der Waals surface area (Å²) in [7, 11) is -3.52. The van der Waals surface area contributed by atoms with Crippen LogP contribution in [-0.4, -0.2) is 85.8 Å². The number of aliphatic imine (C=N–C) groups is 1. The Kier molecular flexibility index (Phi) is 12.8. The molecule has 11 nitrogen and oxygen atoms in total. The third-order valence-corrected chi connectivity index (χ3v) is 7.72. The molecule has 0 aromatic rings. The number of rotatable bonds is 12. The number of halogens is 1. The maximum atomic E-state index is 13.7. The minimum atomic E-state index is -3.52. The number of nitrogens with zero attached hydrogens (tertiary/aromatic N) is 3. The number of carbonyl (C=O) groups is 3. The van der Waals surface area contributed by atoms with Gasteiger partial charge < -0.3 is 26.1 Å². The van der Waals surface area contributed by atoms with E-state index < -0.39 is 28.0 Å². The quantitative estimate of drug-likeness (QED) is 0.141. The first-order valence-electron chi connectivity index (χ1n) is 11.8. The normalized spacial score (nSPS) is 19.7. The van der Waals surface area contributed by atoms with Gasteiger partial charge in [-0.25, -0.2) is 13.1 Å². The largest absolute Gasteiger partial charge is 0.370 e. The first-order chi connectivity index (χ1) is 15.7. The Labute approximate surface area is 208 Å². The summed E-state index contributed by atoms with van der Waals surface area (Å²) in [6.45, 7) is 1.87. The van der Waals surface area contributed by atoms with Gasteiger partial charge in [0.15, 0.2) is 5.96 Å². The van der Waals surface area contributed by atoms with Gasteiger partial charge in [0.2, 0.25) is 21.8 Å². The van der Waals surface area contributed by atoms with Gasteiger partial charge in [-0.15, -0.1) is 12.4 Å². The van der Waals surface area contributed by atoms with Crippen LogP contribution in [-0.2, 0) is 24.4 Å². The molecular weight excluding hydrogens is 484 g/mol. The molecule has 2 amide bonds. The number of amides is 2. The van der Waals surface area contributed by atoms with Crippen molar-refractivity contribution in [3.8, 4) is 0 Å². The number of likely N-dealkylation sites (tertiary alicyclic amines) is 1. The molecule has 0 spiro atoms. The van der Waals surface area contributed by atoms with Crippen molar-refractivity contribution in [1.82, 2.24) is 14.5 Å². The number of aldehydes is 1. The lowest BCUT2D eigenvalue weighted by molar-refractivity contribution is -0.149. The fourth-order valence-corrected chi connectivity index (χ4v) is 5.17. The highest BCUT2D eigenvalue weighted by Gasteiger charge is 2.41. The molecule has 1 aliphatic carbocycles. The number of nitrogens with two attached hydrogens (primary N) is 2. The average molecular weight is 523 g/mol. The molecule has 34 heavy (non-hydrogen) atoms. The van der Waals surface area contributed by atoms with Gasteiger partial charge in [-0.05, 0) is 45.4 Å². The zero-order chi connectivity index (χ0) is 24.4. The van der Waals surface area contributed by atoms with E-state index in [1.165, 1.54) is 11.8 Å². The van der Waals surface area contributed by atoms with Gasteiger partial charge in [0.05, 0.1) is 18.3 Å². The van der Waals surface area contributed by atoms with Crippen LogP contribution in [0.4, 0.5) is 0 Å². The molecule has 2 fully saturated rings. The van der Waals surface area contributed by atoms with Gasteiger partial charge in [0.1, 0.15) is 12.3 Å². The highest BCUT2D eigenvalue weighted by molar-refractivity contribution is 7.89. The molecule has 13 heteroatoms. The number of hydrogen-bond donors (Lipinski definition) is 3. The SMILES string of the molecule is CCS(=O)(=O)NCC(=O)N1CCC[C@H]1C(=O)N(C1CCCCC1)[C@H](C=O)CCCN=C(N)N.Cl. The molecule has 1 aliphatic heterocycles. The molecule has 5 N–H and O–H groups in total. The summed E-state index contributed by atoms with van der Waals surface area (Å²) in [6.07, 6.45) is 7.63. The number of carbonyl (C=O) groups excluding carboxylic acids is 3. The Morgan fingerprint density at radius 3 is 2.44 bits per heavy atom. The molecule has 0 bridgehead atoms. The van der Waals surface area contributed by atoms with Crippen molar-refractivity contribution in [2.45, 2.75) is 82.8 Å². The minimum Gasteiger partial charge on any atom is -0.370 e. The Bertz CT molecular complexity index is 814. The molecule has 0 radical (unpaired) electrons. The zero-order valence-corrected chi connectivity index (χ0v) is 21.5. The van der Waals surface area contributed by atoms with E-state index in [1.54, 1.807) is 4.90 Å². The Hall–Kier alpha value is -1.92. The summed E-state index contributed by atoms with van der Waals surface area (Å²) in [5.41, 5.74) is 10.7. The highest BCUT2D eigenvalue weighted by atomic mass is 35.5. The van der Waals surface area contributed by atoms with E-state index in [-0.39, 0.29) is 42.6 Å². The molecule has 1 saturated carbocycles. The van der Waals surface area contributed by atoms with Gasteiger partial charge in [0, 0.05) is 19.1 Å². The highest BCUT2D eigenvalue weighted by Crippen LogP contribution is 2.29. The van der Waals surface area contributed by atoms with Gasteiger partial charge in [-0.1, -0.05) is 19.3 Å². The van der Waals surface area contributed by atoms with Crippen molar-refractivity contribution in [2.75, 3.05) is 25.4 Å². The Morgan fingerprint density at radius 2 is 1.85 bits per heavy atom. The molecule has 2 aliphatic rings. The topological polar surface area (TPSA) is 168 Å². The molecule has 2 atom stereocenters. The smallest absolute Gasteiger partial charge is 0.246 e. The summed E-state index contributed by atoms with van der Waals surface area (Å²) >= 11 is 0. The Balaban J connectivity index is 0.00000578. The second kappa shape index (κ2) is 14.5. The first-order valence-corrected chi connectivity index (χ1v) is 13.4. The molecule has 0 aromatic carbocycles. The molecule has 1 saturated heterocycles. The Morgan fingerprint density at radius 1 is 1.18 bits per heavy atom. The van der Waals surface area contributed by atoms with Gasteiger partial charge in [-0.2, -0.15) is 0 Å². The lowest BCUT2D eigenvalue weighted by atomic mass is 9.91. The van der Waals surface area contributed by atoms with Crippen LogP contribution in [0.15, 0.2) is 4.99 Å². The maximum absolute atomic E-state index is 13.7. The summed E-state index contributed by atoms with van der Waals surface area (Å²) in [5, 5.41) is 0. The van der Waals surface area contributed by atoms with Gasteiger partial charge in [-0.3, -0.25) is 14.6 Å². The predicted octanol–water partition coefficient (Wildman–Crippen LogP) is 0.121. The van der Waals surface area contributed by atoms with Crippen LogP contribution < -0.4 is 16.2 Å². The van der Waals surface area contributed by atoms with Crippen molar-refractivity contribution in [3.63, 3.8) is 0 Å². The lowest BCUT2D eigenvalue weighted by Gasteiger charge is -2.40. The van der Waals surface area contributed by atoms with E-state index in [0.29, 0.717) is 38.8 Å². The van der Waals surface area contributed by atoms with Crippen molar-refractivity contribution in [3.05, 3.63) is 0 Å². The summed E-state index contributed by atoms with van der Waals surface area (Å²) in [4.78, 5) is 45.6. The second-order valence-electron chi connectivity index (χ2n) is 8.66. The standard InChI is InChI=1S/C21H38N6O5S.ClH/c1-2-33(31,32)25-14-19(29)26-13-7-11-18(26)20(30)27(16-8-4-3-5-9-16)17(15-28)10-6-12-24-21(22)23;/h15-18,25H,2-14H2,1H3,(H4,22,23,24);1H/t17-,18-;/m0./s1. The second-order valence-corrected chi connectivity index (χ2v) is 10.8. The first kappa shape index (κ1) is 30.1. The molecule has 1 heterocycles. The third-order valence-electron chi connectivity index (χ3n) is 6.37. The molecule has 0 aromatic heterocycles. The number of hydrogen-bond acceptors (Lipinski definition) is 6. The number of sulfonamides is 1. The number of guanidine groups is 1. The van der Waals surface area contributed by atoms with Crippen molar-refractivity contribution in [1.29, 1.82) is 0 Å². The molecule has 196 valence electrons. The van der Waals surface area contributed by atoms with Crippen LogP contribution in [0.3, 0.4) is 0 Å². The van der Waals surface area contributed by atoms with Crippen LogP contribution in [0.5, 0.6) is 0 Å². The van der Waals surface area contributed by atoms with Crippen LogP contribution in [0, 0.1) is 0 Å². The summed E-state index contributed by atoms with van der Waals surface area (Å²) in [5.74, 6) is -0.803. The van der Waals surface area contributed by atoms with Crippen LogP contribution >= 0.6 is 12.4 Å². The fraction of sp³-hybridized carbons (Fsp3) is 0.810. The minimum absolute atomic E-state index is 0. The van der Waals surface area contributed by atoms with Gasteiger partial charge >= 0.3 is 0 Å². The van der Waals surface area contributed by atoms with Crippen molar-refractivity contribution < 1.29 is 22.8 Å². The van der Waals surface area contributed by atoms with E-state index in [2.05, 4.69) is 9.71 Å². The maximum Gasteiger partial charge on any atom is 0.246 e. The zero-order valence-electron chi connectivity index (χ0n) is 19.9. The van der Waals surface area contributed by atoms with E-state index in [1.807, 2.05) is 0 Å². The fourth-order valence-electron chi connectivity index (χ4n) is 4.62. The van der Waals surface area contributed by atoms with E-state index in [9.17, 15) is 22.8 Å². The monoisotopic (exact) mass is 522 g/mol. The van der Waals surface area contributed by atoms with E-state index in [0.717, 1.165) is 38.4 Å². The van der Waals surface area contributed by atoms with Crippen molar-refractivity contribution in [2.24, 2.45) is 16.5 Å². The predicted molar refractivity (Wildman–Crippen MR) is 133 cm³/mol. The van der Waals surface area contributed by atoms with E-state index in [4.69, 9.17) is 11.5 Å². The average Bonchev–Trinajstić information content (AvgIpc) is 3.30. The molecule has 2 rings (SSSR count). The van der Waals surface area contributed by atoms with Crippen LogP contribution in [0.2, 0.25) is 0 Å². The van der Waals surface area contributed by atoms with E-state index >= 15 is 0 Å². The summed E-state index contributed by atoms with van der Waals surface area (Å²) in [6, 6.07) is -1.36. The van der Waals surface area contributed by atoms with Crippen LogP contribution in [0.1, 0.15) is 64.7 Å². The van der Waals surface area contributed by atoms with Crippen molar-refractivity contribution >= 4 is 46.5 Å². The summed E-state index contributed by atoms with van der Waals surface area (Å²) < 4.78 is 25.7. The third kappa shape index (κ3) is 8.70. The molecule has 0 unspecified atom stereocenters. The van der Waals surface area contributed by atoms with Gasteiger partial charge in [0.25, 0.3) is 0 Å². The number of nitrogens with one attached hydrogen (secondary N) is 1. The lowest BCUT2D eigenvalue weighted by Crippen LogP contribution is -2.56.